The molecular weight excluding hydrogens is 136 g/mol. The van der Waals surface area contributed by atoms with Crippen LogP contribution in [0.25, 0.3) is 0 Å². The highest BCUT2D eigenvalue weighted by atomic mass is 15.1. The summed E-state index contributed by atoms with van der Waals surface area (Å²) in [7, 11) is 4.26. The average Bonchev–Trinajstić information content (AvgIpc) is 1.83. The monoisotopic (exact) mass is 156 g/mol. The first kappa shape index (κ1) is 9.01. The van der Waals surface area contributed by atoms with E-state index in [1.54, 1.807) is 0 Å². The van der Waals surface area contributed by atoms with Crippen LogP contribution in [-0.4, -0.2) is 37.6 Å². The van der Waals surface area contributed by atoms with Gasteiger partial charge in [-0.3, -0.25) is 0 Å². The van der Waals surface area contributed by atoms with Crippen molar-refractivity contribution in [3.8, 4) is 0 Å². The van der Waals surface area contributed by atoms with Gasteiger partial charge in [0.15, 0.2) is 0 Å². The molecule has 0 aliphatic heterocycles. The van der Waals surface area contributed by atoms with E-state index >= 15 is 0 Å². The fourth-order valence-corrected chi connectivity index (χ4v) is 1.13. The van der Waals surface area contributed by atoms with Gasteiger partial charge in [0.2, 0.25) is 0 Å². The summed E-state index contributed by atoms with van der Waals surface area (Å²) >= 11 is 0. The lowest BCUT2D eigenvalue weighted by molar-refractivity contribution is 0.264. The van der Waals surface area contributed by atoms with Gasteiger partial charge in [0.1, 0.15) is 0 Å². The molecule has 0 saturated heterocycles. The van der Waals surface area contributed by atoms with E-state index in [4.69, 9.17) is 0 Å². The summed E-state index contributed by atoms with van der Waals surface area (Å²) in [6, 6.07) is 1.49. The summed E-state index contributed by atoms with van der Waals surface area (Å²) in [5.41, 5.74) is 0. The van der Waals surface area contributed by atoms with Crippen molar-refractivity contribution in [2.75, 3.05) is 20.6 Å². The predicted molar refractivity (Wildman–Crippen MR) is 48.8 cm³/mol. The highest BCUT2D eigenvalue weighted by molar-refractivity contribution is 4.78. The third-order valence-corrected chi connectivity index (χ3v) is 2.69. The zero-order chi connectivity index (χ0) is 8.27. The number of rotatable bonds is 4. The van der Waals surface area contributed by atoms with E-state index in [-0.39, 0.29) is 0 Å². The first-order valence-electron chi connectivity index (χ1n) is 4.60. The van der Waals surface area contributed by atoms with Crippen LogP contribution in [0, 0.1) is 0 Å². The van der Waals surface area contributed by atoms with Crippen LogP contribution < -0.4 is 5.32 Å². The summed E-state index contributed by atoms with van der Waals surface area (Å²) in [4.78, 5) is 2.26. The molecule has 1 fully saturated rings. The van der Waals surface area contributed by atoms with Crippen molar-refractivity contribution < 1.29 is 0 Å². The smallest absolute Gasteiger partial charge is 0.0186 e. The summed E-state index contributed by atoms with van der Waals surface area (Å²) in [6.45, 7) is 3.39. The van der Waals surface area contributed by atoms with E-state index in [0.29, 0.717) is 6.04 Å². The van der Waals surface area contributed by atoms with E-state index in [9.17, 15) is 0 Å². The Morgan fingerprint density at radius 1 is 1.45 bits per heavy atom. The Morgan fingerprint density at radius 2 is 2.09 bits per heavy atom. The highest BCUT2D eigenvalue weighted by Gasteiger charge is 2.17. The first-order valence-corrected chi connectivity index (χ1v) is 4.60. The van der Waals surface area contributed by atoms with E-state index in [1.807, 2.05) is 0 Å². The maximum absolute atomic E-state index is 3.56. The molecule has 0 aromatic carbocycles. The molecule has 1 saturated carbocycles. The minimum Gasteiger partial charge on any atom is -0.312 e. The Hall–Kier alpha value is -0.0800. The highest BCUT2D eigenvalue weighted by Crippen LogP contribution is 2.17. The topological polar surface area (TPSA) is 15.3 Å². The van der Waals surface area contributed by atoms with Crippen molar-refractivity contribution in [2.24, 2.45) is 0 Å². The van der Waals surface area contributed by atoms with Gasteiger partial charge in [-0.15, -0.1) is 0 Å². The number of hydrogen-bond acceptors (Lipinski definition) is 2. The van der Waals surface area contributed by atoms with Gasteiger partial charge in [-0.25, -0.2) is 0 Å². The van der Waals surface area contributed by atoms with Gasteiger partial charge in [-0.1, -0.05) is 6.42 Å². The van der Waals surface area contributed by atoms with Crippen LogP contribution in [0.4, 0.5) is 0 Å². The zero-order valence-corrected chi connectivity index (χ0v) is 7.93. The second-order valence-corrected chi connectivity index (χ2v) is 3.85. The van der Waals surface area contributed by atoms with Gasteiger partial charge < -0.3 is 10.2 Å². The number of hydrogen-bond donors (Lipinski definition) is 1. The van der Waals surface area contributed by atoms with E-state index in [2.05, 4.69) is 31.2 Å². The first-order chi connectivity index (χ1) is 5.20. The summed E-state index contributed by atoms with van der Waals surface area (Å²) < 4.78 is 0. The average molecular weight is 156 g/mol. The molecule has 1 aliphatic carbocycles. The molecule has 1 unspecified atom stereocenters. The molecule has 0 aromatic heterocycles. The third kappa shape index (κ3) is 2.80. The lowest BCUT2D eigenvalue weighted by Gasteiger charge is -2.29. The lowest BCUT2D eigenvalue weighted by atomic mass is 9.93. The molecule has 1 atom stereocenters. The van der Waals surface area contributed by atoms with Crippen LogP contribution >= 0.6 is 0 Å². The van der Waals surface area contributed by atoms with Crippen molar-refractivity contribution in [3.63, 3.8) is 0 Å². The normalized spacial score (nSPS) is 21.8. The fourth-order valence-electron chi connectivity index (χ4n) is 1.13. The molecule has 2 nitrogen and oxygen atoms in total. The van der Waals surface area contributed by atoms with Gasteiger partial charge >= 0.3 is 0 Å². The standard InChI is InChI=1S/C9H20N2/c1-8(11(2)3)7-10-9-5-4-6-9/h8-10H,4-7H2,1-3H3. The minimum absolute atomic E-state index is 0.663. The number of likely N-dealkylation sites (N-methyl/N-ethyl adjacent to an activating group) is 1. The zero-order valence-electron chi connectivity index (χ0n) is 7.93. The van der Waals surface area contributed by atoms with Crippen LogP contribution in [-0.2, 0) is 0 Å². The molecule has 0 amide bonds. The van der Waals surface area contributed by atoms with Crippen LogP contribution in [0.1, 0.15) is 26.2 Å². The van der Waals surface area contributed by atoms with Gasteiger partial charge in [0, 0.05) is 18.6 Å². The molecule has 0 radical (unpaired) electrons. The van der Waals surface area contributed by atoms with E-state index in [0.717, 1.165) is 12.6 Å². The van der Waals surface area contributed by atoms with Crippen molar-refractivity contribution >= 4 is 0 Å². The maximum atomic E-state index is 3.56. The lowest BCUT2D eigenvalue weighted by Crippen LogP contribution is -2.43. The largest absolute Gasteiger partial charge is 0.312 e. The molecule has 0 spiro atoms. The molecule has 2 heteroatoms. The molecule has 0 heterocycles. The Bertz CT molecular complexity index is 108. The van der Waals surface area contributed by atoms with Crippen molar-refractivity contribution in [1.82, 2.24) is 10.2 Å². The van der Waals surface area contributed by atoms with Crippen LogP contribution in [0.15, 0.2) is 0 Å². The van der Waals surface area contributed by atoms with E-state index < -0.39 is 0 Å². The van der Waals surface area contributed by atoms with Crippen molar-refractivity contribution in [1.29, 1.82) is 0 Å². The fraction of sp³-hybridized carbons (Fsp3) is 1.00. The molecule has 11 heavy (non-hydrogen) atoms. The Balaban J connectivity index is 2.01. The minimum atomic E-state index is 0.663. The summed E-state index contributed by atoms with van der Waals surface area (Å²) in [5, 5.41) is 3.56. The second-order valence-electron chi connectivity index (χ2n) is 3.85. The summed E-state index contributed by atoms with van der Waals surface area (Å²) in [5.74, 6) is 0. The number of nitrogens with one attached hydrogen (secondary N) is 1. The van der Waals surface area contributed by atoms with Crippen molar-refractivity contribution in [3.05, 3.63) is 0 Å². The SMILES string of the molecule is CC(CNC1CCC1)N(C)C. The summed E-state index contributed by atoms with van der Waals surface area (Å²) in [6.07, 6.45) is 4.20. The van der Waals surface area contributed by atoms with Crippen LogP contribution in [0.3, 0.4) is 0 Å². The van der Waals surface area contributed by atoms with Gasteiger partial charge in [0.25, 0.3) is 0 Å². The number of nitrogens with zero attached hydrogens (tertiary/aromatic N) is 1. The van der Waals surface area contributed by atoms with Crippen molar-refractivity contribution in [2.45, 2.75) is 38.3 Å². The van der Waals surface area contributed by atoms with Gasteiger partial charge in [-0.05, 0) is 33.9 Å². The maximum Gasteiger partial charge on any atom is 0.0186 e. The van der Waals surface area contributed by atoms with Crippen LogP contribution in [0.2, 0.25) is 0 Å². The Labute approximate surface area is 70.0 Å². The van der Waals surface area contributed by atoms with Crippen LogP contribution in [0.5, 0.6) is 0 Å². The quantitative estimate of drug-likeness (QED) is 0.655. The predicted octanol–water partition coefficient (Wildman–Crippen LogP) is 1.08. The molecule has 1 aliphatic rings. The van der Waals surface area contributed by atoms with E-state index in [1.165, 1.54) is 19.3 Å². The molecule has 66 valence electrons. The van der Waals surface area contributed by atoms with Gasteiger partial charge in [-0.2, -0.15) is 0 Å². The molecule has 0 aromatic rings. The molecule has 0 bridgehead atoms. The Kier molecular flexibility index (Phi) is 3.34. The molecule has 1 rings (SSSR count). The third-order valence-electron chi connectivity index (χ3n) is 2.69. The Morgan fingerprint density at radius 3 is 2.45 bits per heavy atom. The second kappa shape index (κ2) is 4.07. The molecular formula is C9H20N2. The van der Waals surface area contributed by atoms with Gasteiger partial charge in [0.05, 0.1) is 0 Å². The molecule has 1 N–H and O–H groups in total.